The highest BCUT2D eigenvalue weighted by Gasteiger charge is 2.11. The molecule has 0 fully saturated rings. The van der Waals surface area contributed by atoms with Gasteiger partial charge in [0.2, 0.25) is 0 Å². The Morgan fingerprint density at radius 3 is 3.00 bits per heavy atom. The van der Waals surface area contributed by atoms with Crippen LogP contribution in [0.25, 0.3) is 0 Å². The Balaban J connectivity index is 2.87. The average molecular weight is 315 g/mol. The lowest BCUT2D eigenvalue weighted by molar-refractivity contribution is 0.643. The van der Waals surface area contributed by atoms with Gasteiger partial charge >= 0.3 is 0 Å². The van der Waals surface area contributed by atoms with Crippen LogP contribution in [0.2, 0.25) is 0 Å². The van der Waals surface area contributed by atoms with Crippen molar-refractivity contribution in [2.45, 2.75) is 13.0 Å². The fourth-order valence-corrected chi connectivity index (χ4v) is 2.20. The van der Waals surface area contributed by atoms with Crippen LogP contribution in [0, 0.1) is 0 Å². The van der Waals surface area contributed by atoms with E-state index in [9.17, 15) is 4.79 Å². The summed E-state index contributed by atoms with van der Waals surface area (Å²) < 4.78 is 1.92. The zero-order chi connectivity index (χ0) is 13.5. The van der Waals surface area contributed by atoms with Gasteiger partial charge in [-0.05, 0) is 35.9 Å². The smallest absolute Gasteiger partial charge is 0.283 e. The molecule has 5 nitrogen and oxygen atoms in total. The van der Waals surface area contributed by atoms with Gasteiger partial charge in [-0.2, -0.15) is 5.10 Å². The van der Waals surface area contributed by atoms with Crippen LogP contribution in [0.5, 0.6) is 0 Å². The molecular formula is C12H19BrN4O. The summed E-state index contributed by atoms with van der Waals surface area (Å²) in [6.45, 7) is 5.83. The third-order valence-electron chi connectivity index (χ3n) is 2.60. The van der Waals surface area contributed by atoms with Gasteiger partial charge in [0.1, 0.15) is 4.47 Å². The molecule has 1 heterocycles. The Morgan fingerprint density at radius 1 is 1.67 bits per heavy atom. The zero-order valence-electron chi connectivity index (χ0n) is 10.8. The zero-order valence-corrected chi connectivity index (χ0v) is 12.4. The highest BCUT2D eigenvalue weighted by atomic mass is 79.9. The first-order chi connectivity index (χ1) is 8.61. The van der Waals surface area contributed by atoms with E-state index in [1.807, 2.05) is 19.0 Å². The van der Waals surface area contributed by atoms with E-state index in [1.54, 1.807) is 12.3 Å². The maximum absolute atomic E-state index is 12.0. The summed E-state index contributed by atoms with van der Waals surface area (Å²) in [6.07, 6.45) is 4.36. The summed E-state index contributed by atoms with van der Waals surface area (Å²) in [6, 6.07) is 0. The molecule has 0 unspecified atom stereocenters. The predicted octanol–water partition coefficient (Wildman–Crippen LogP) is 1.24. The first kappa shape index (κ1) is 14.9. The van der Waals surface area contributed by atoms with E-state index in [0.717, 1.165) is 25.2 Å². The Hall–Kier alpha value is -1.14. The topological polar surface area (TPSA) is 50.2 Å². The fourth-order valence-electron chi connectivity index (χ4n) is 1.59. The summed E-state index contributed by atoms with van der Waals surface area (Å²) in [4.78, 5) is 14.0. The van der Waals surface area contributed by atoms with E-state index in [2.05, 4.69) is 32.9 Å². The summed E-state index contributed by atoms with van der Waals surface area (Å²) in [5.74, 6) is 0. The summed E-state index contributed by atoms with van der Waals surface area (Å²) in [5, 5.41) is 7.22. The van der Waals surface area contributed by atoms with Crippen LogP contribution in [0.4, 0.5) is 5.69 Å². The monoisotopic (exact) mass is 314 g/mol. The molecule has 0 saturated carbocycles. The summed E-state index contributed by atoms with van der Waals surface area (Å²) in [5.41, 5.74) is 0.685. The number of hydrogen-bond donors (Lipinski definition) is 1. The number of halogens is 1. The Morgan fingerprint density at radius 2 is 2.39 bits per heavy atom. The quantitative estimate of drug-likeness (QED) is 0.607. The largest absolute Gasteiger partial charge is 0.372 e. The van der Waals surface area contributed by atoms with Crippen LogP contribution in [-0.4, -0.2) is 37.0 Å². The SMILES string of the molecule is C=CCn1ncc(N(C)CCCNC)c(Br)c1=O. The van der Waals surface area contributed by atoms with Crippen molar-refractivity contribution < 1.29 is 0 Å². The van der Waals surface area contributed by atoms with Gasteiger partial charge in [-0.1, -0.05) is 6.08 Å². The van der Waals surface area contributed by atoms with Gasteiger partial charge in [0.05, 0.1) is 18.4 Å². The van der Waals surface area contributed by atoms with Crippen LogP contribution >= 0.6 is 15.9 Å². The van der Waals surface area contributed by atoms with Gasteiger partial charge in [0, 0.05) is 13.6 Å². The van der Waals surface area contributed by atoms with Crippen LogP contribution in [0.1, 0.15) is 6.42 Å². The lowest BCUT2D eigenvalue weighted by Crippen LogP contribution is -2.28. The van der Waals surface area contributed by atoms with Crippen LogP contribution < -0.4 is 15.8 Å². The molecule has 1 rings (SSSR count). The number of nitrogens with one attached hydrogen (secondary N) is 1. The Labute approximate surface area is 116 Å². The first-order valence-electron chi connectivity index (χ1n) is 5.84. The number of aromatic nitrogens is 2. The number of anilines is 1. The Bertz CT molecular complexity index is 458. The molecule has 0 radical (unpaired) electrons. The highest BCUT2D eigenvalue weighted by Crippen LogP contribution is 2.20. The van der Waals surface area contributed by atoms with E-state index in [4.69, 9.17) is 0 Å². The van der Waals surface area contributed by atoms with Crippen molar-refractivity contribution >= 4 is 21.6 Å². The van der Waals surface area contributed by atoms with Gasteiger partial charge in [0.15, 0.2) is 0 Å². The third-order valence-corrected chi connectivity index (χ3v) is 3.35. The fraction of sp³-hybridized carbons (Fsp3) is 0.500. The maximum Gasteiger partial charge on any atom is 0.283 e. The molecule has 0 spiro atoms. The van der Waals surface area contributed by atoms with Crippen molar-refractivity contribution in [3.63, 3.8) is 0 Å². The molecule has 0 amide bonds. The lowest BCUT2D eigenvalue weighted by atomic mass is 10.3. The Kier molecular flexibility index (Phi) is 6.07. The first-order valence-corrected chi connectivity index (χ1v) is 6.63. The van der Waals surface area contributed by atoms with E-state index in [0.29, 0.717) is 11.0 Å². The van der Waals surface area contributed by atoms with Crippen molar-refractivity contribution in [3.8, 4) is 0 Å². The molecular weight excluding hydrogens is 296 g/mol. The van der Waals surface area contributed by atoms with Gasteiger partial charge < -0.3 is 10.2 Å². The molecule has 0 aliphatic heterocycles. The van der Waals surface area contributed by atoms with E-state index in [1.165, 1.54) is 4.68 Å². The molecule has 0 atom stereocenters. The molecule has 0 aromatic carbocycles. The van der Waals surface area contributed by atoms with Crippen LogP contribution in [-0.2, 0) is 6.54 Å². The predicted molar refractivity (Wildman–Crippen MR) is 78.2 cm³/mol. The lowest BCUT2D eigenvalue weighted by Gasteiger charge is -2.20. The second kappa shape index (κ2) is 7.33. The van der Waals surface area contributed by atoms with Gasteiger partial charge in [-0.3, -0.25) is 4.79 Å². The number of rotatable bonds is 7. The molecule has 0 aliphatic carbocycles. The number of hydrogen-bond acceptors (Lipinski definition) is 4. The molecule has 18 heavy (non-hydrogen) atoms. The van der Waals surface area contributed by atoms with Gasteiger partial charge in [-0.15, -0.1) is 6.58 Å². The van der Waals surface area contributed by atoms with Crippen LogP contribution in [0.3, 0.4) is 0 Å². The minimum absolute atomic E-state index is 0.132. The van der Waals surface area contributed by atoms with Crippen molar-refractivity contribution in [3.05, 3.63) is 33.7 Å². The van der Waals surface area contributed by atoms with Crippen molar-refractivity contribution in [2.24, 2.45) is 0 Å². The van der Waals surface area contributed by atoms with Gasteiger partial charge in [-0.25, -0.2) is 4.68 Å². The molecule has 1 aromatic heterocycles. The average Bonchev–Trinajstić information content (AvgIpc) is 2.35. The normalized spacial score (nSPS) is 10.4. The second-order valence-corrected chi connectivity index (χ2v) is 4.79. The highest BCUT2D eigenvalue weighted by molar-refractivity contribution is 9.10. The van der Waals surface area contributed by atoms with E-state index >= 15 is 0 Å². The molecule has 1 N–H and O–H groups in total. The van der Waals surface area contributed by atoms with Crippen molar-refractivity contribution in [1.29, 1.82) is 0 Å². The number of allylic oxidation sites excluding steroid dienone is 1. The third kappa shape index (κ3) is 3.68. The maximum atomic E-state index is 12.0. The van der Waals surface area contributed by atoms with E-state index in [-0.39, 0.29) is 5.56 Å². The van der Waals surface area contributed by atoms with Crippen LogP contribution in [0.15, 0.2) is 28.1 Å². The summed E-state index contributed by atoms with van der Waals surface area (Å²) in [7, 11) is 3.88. The molecule has 6 heteroatoms. The molecule has 0 bridgehead atoms. The molecule has 100 valence electrons. The van der Waals surface area contributed by atoms with E-state index < -0.39 is 0 Å². The summed E-state index contributed by atoms with van der Waals surface area (Å²) >= 11 is 3.35. The second-order valence-electron chi connectivity index (χ2n) is 4.00. The number of nitrogens with zero attached hydrogens (tertiary/aromatic N) is 3. The molecule has 0 aliphatic rings. The molecule has 1 aromatic rings. The van der Waals surface area contributed by atoms with Crippen molar-refractivity contribution in [2.75, 3.05) is 32.1 Å². The minimum Gasteiger partial charge on any atom is -0.372 e. The standard InChI is InChI=1S/C12H19BrN4O/c1-4-7-17-12(18)11(13)10(9-15-17)16(3)8-5-6-14-2/h4,9,14H,1,5-8H2,2-3H3. The van der Waals surface area contributed by atoms with Crippen molar-refractivity contribution in [1.82, 2.24) is 15.1 Å². The minimum atomic E-state index is -0.132. The van der Waals surface area contributed by atoms with Gasteiger partial charge in [0.25, 0.3) is 5.56 Å². The molecule has 0 saturated heterocycles.